The van der Waals surface area contributed by atoms with Gasteiger partial charge in [0.1, 0.15) is 11.4 Å². The van der Waals surface area contributed by atoms with Gasteiger partial charge in [-0.15, -0.1) is 0 Å². The first kappa shape index (κ1) is 14.1. The number of amides is 1. The third kappa shape index (κ3) is 3.50. The van der Waals surface area contributed by atoms with Gasteiger partial charge in [0.05, 0.1) is 0 Å². The predicted octanol–water partition coefficient (Wildman–Crippen LogP) is 3.21. The number of anilines is 1. The topological polar surface area (TPSA) is 62.2 Å². The molecule has 0 fully saturated rings. The Balaban J connectivity index is 3.34. The molecule has 18 heavy (non-hydrogen) atoms. The molecule has 100 valence electrons. The van der Waals surface area contributed by atoms with Crippen LogP contribution in [0.3, 0.4) is 0 Å². The van der Waals surface area contributed by atoms with Gasteiger partial charge in [-0.3, -0.25) is 5.32 Å². The van der Waals surface area contributed by atoms with Gasteiger partial charge in [0.25, 0.3) is 0 Å². The number of pyridine rings is 1. The van der Waals surface area contributed by atoms with Crippen molar-refractivity contribution in [3.05, 3.63) is 23.5 Å². The van der Waals surface area contributed by atoms with Crippen LogP contribution in [0.25, 0.3) is 0 Å². The maximum atomic E-state index is 12.3. The summed E-state index contributed by atoms with van der Waals surface area (Å²) in [6.07, 6.45) is -12.0. The second-order valence-corrected chi connectivity index (χ2v) is 3.05. The van der Waals surface area contributed by atoms with Gasteiger partial charge in [0, 0.05) is 5.69 Å². The van der Waals surface area contributed by atoms with Crippen molar-refractivity contribution in [3.8, 4) is 0 Å². The van der Waals surface area contributed by atoms with Gasteiger partial charge in [-0.1, -0.05) is 0 Å². The van der Waals surface area contributed by atoms with E-state index < -0.39 is 35.5 Å². The lowest BCUT2D eigenvalue weighted by Gasteiger charge is -2.12. The van der Waals surface area contributed by atoms with Crippen LogP contribution in [0.2, 0.25) is 0 Å². The van der Waals surface area contributed by atoms with E-state index in [9.17, 15) is 31.1 Å². The molecule has 10 heteroatoms. The third-order valence-corrected chi connectivity index (χ3v) is 1.66. The summed E-state index contributed by atoms with van der Waals surface area (Å²) >= 11 is 0. The Morgan fingerprint density at radius 3 is 1.72 bits per heavy atom. The number of hydrogen-bond acceptors (Lipinski definition) is 2. The Kier molecular flexibility index (Phi) is 3.40. The van der Waals surface area contributed by atoms with E-state index in [-0.39, 0.29) is 12.1 Å². The Morgan fingerprint density at radius 1 is 1.06 bits per heavy atom. The van der Waals surface area contributed by atoms with Gasteiger partial charge in [0.2, 0.25) is 0 Å². The highest BCUT2D eigenvalue weighted by Crippen LogP contribution is 2.34. The summed E-state index contributed by atoms with van der Waals surface area (Å²) in [5.41, 5.74) is -4.53. The predicted molar refractivity (Wildman–Crippen MR) is 45.9 cm³/mol. The number of aromatic nitrogens is 1. The molecule has 1 aromatic rings. The van der Waals surface area contributed by atoms with Crippen LogP contribution in [0, 0.1) is 0 Å². The summed E-state index contributed by atoms with van der Waals surface area (Å²) in [7, 11) is 0. The molecular formula is C8H4F6N2O2. The van der Waals surface area contributed by atoms with Crippen molar-refractivity contribution >= 4 is 11.8 Å². The normalized spacial score (nSPS) is 12.3. The molecule has 0 bridgehead atoms. The molecule has 0 unspecified atom stereocenters. The van der Waals surface area contributed by atoms with Crippen molar-refractivity contribution in [3.63, 3.8) is 0 Å². The lowest BCUT2D eigenvalue weighted by atomic mass is 10.2. The average Bonchev–Trinajstić information content (AvgIpc) is 2.13. The number of carboxylic acid groups (broad SMARTS) is 1. The highest BCUT2D eigenvalue weighted by atomic mass is 19.4. The van der Waals surface area contributed by atoms with Gasteiger partial charge in [-0.05, 0) is 12.1 Å². The minimum absolute atomic E-state index is 0.170. The molecule has 0 aromatic carbocycles. The number of halogens is 6. The van der Waals surface area contributed by atoms with E-state index in [0.29, 0.717) is 0 Å². The summed E-state index contributed by atoms with van der Waals surface area (Å²) in [5, 5.41) is 9.67. The summed E-state index contributed by atoms with van der Waals surface area (Å²) in [6.45, 7) is 0. The van der Waals surface area contributed by atoms with Crippen molar-refractivity contribution in [1.82, 2.24) is 4.98 Å². The molecule has 0 aliphatic carbocycles. The van der Waals surface area contributed by atoms with E-state index in [2.05, 4.69) is 4.98 Å². The summed E-state index contributed by atoms with van der Waals surface area (Å²) < 4.78 is 73.6. The number of rotatable bonds is 1. The Morgan fingerprint density at radius 2 is 1.44 bits per heavy atom. The van der Waals surface area contributed by atoms with E-state index in [1.54, 1.807) is 0 Å². The molecule has 0 spiro atoms. The van der Waals surface area contributed by atoms with Crippen molar-refractivity contribution in [2.24, 2.45) is 0 Å². The maximum absolute atomic E-state index is 12.3. The first-order chi connectivity index (χ1) is 8.00. The quantitative estimate of drug-likeness (QED) is 0.773. The van der Waals surface area contributed by atoms with E-state index in [1.165, 1.54) is 5.32 Å². The molecule has 1 rings (SSSR count). The number of hydrogen-bond donors (Lipinski definition) is 2. The summed E-state index contributed by atoms with van der Waals surface area (Å²) in [4.78, 5) is 12.6. The zero-order valence-corrected chi connectivity index (χ0v) is 8.23. The van der Waals surface area contributed by atoms with E-state index in [0.717, 1.165) is 0 Å². The van der Waals surface area contributed by atoms with Crippen LogP contribution < -0.4 is 5.32 Å². The second-order valence-electron chi connectivity index (χ2n) is 3.05. The van der Waals surface area contributed by atoms with Gasteiger partial charge >= 0.3 is 18.4 Å². The van der Waals surface area contributed by atoms with Crippen LogP contribution in [0.4, 0.5) is 36.8 Å². The van der Waals surface area contributed by atoms with Crippen molar-refractivity contribution in [1.29, 1.82) is 0 Å². The summed E-state index contributed by atoms with van der Waals surface area (Å²) in [5.74, 6) is 0. The fourth-order valence-corrected chi connectivity index (χ4v) is 1.02. The van der Waals surface area contributed by atoms with Gasteiger partial charge < -0.3 is 5.11 Å². The monoisotopic (exact) mass is 274 g/mol. The van der Waals surface area contributed by atoms with E-state index in [4.69, 9.17) is 5.11 Å². The zero-order valence-electron chi connectivity index (χ0n) is 8.23. The number of nitrogens with zero attached hydrogens (tertiary/aromatic N) is 1. The lowest BCUT2D eigenvalue weighted by molar-refractivity contribution is -0.150. The fourth-order valence-electron chi connectivity index (χ4n) is 1.02. The van der Waals surface area contributed by atoms with Crippen LogP contribution in [0.5, 0.6) is 0 Å². The van der Waals surface area contributed by atoms with Crippen LogP contribution >= 0.6 is 0 Å². The standard InChI is InChI=1S/C8H4F6N2O2/c9-7(10,11)4-1-3(15-6(17)18)2-5(16-4)8(12,13)14/h1-2H,(H,15,16)(H,17,18). The molecule has 0 saturated carbocycles. The third-order valence-electron chi connectivity index (χ3n) is 1.66. The zero-order chi connectivity index (χ0) is 14.1. The van der Waals surface area contributed by atoms with Crippen molar-refractivity contribution in [2.45, 2.75) is 12.4 Å². The Bertz CT molecular complexity index is 435. The SMILES string of the molecule is O=C(O)Nc1cc(C(F)(F)F)nc(C(F)(F)F)c1. The molecule has 0 radical (unpaired) electrons. The van der Waals surface area contributed by atoms with Crippen molar-refractivity contribution in [2.75, 3.05) is 5.32 Å². The minimum atomic E-state index is -5.11. The first-order valence-electron chi connectivity index (χ1n) is 4.16. The fraction of sp³-hybridized carbons (Fsp3) is 0.250. The van der Waals surface area contributed by atoms with Gasteiger partial charge in [-0.25, -0.2) is 9.78 Å². The summed E-state index contributed by atoms with van der Waals surface area (Å²) in [6, 6.07) is 0.340. The average molecular weight is 274 g/mol. The Hall–Kier alpha value is -2.00. The molecular weight excluding hydrogens is 270 g/mol. The highest BCUT2D eigenvalue weighted by molar-refractivity contribution is 5.82. The minimum Gasteiger partial charge on any atom is -0.465 e. The molecule has 0 aliphatic rings. The van der Waals surface area contributed by atoms with Crippen LogP contribution in [-0.2, 0) is 12.4 Å². The molecule has 2 N–H and O–H groups in total. The largest absolute Gasteiger partial charge is 0.465 e. The number of carbonyl (C=O) groups is 1. The molecule has 0 aliphatic heterocycles. The van der Waals surface area contributed by atoms with Crippen LogP contribution in [-0.4, -0.2) is 16.2 Å². The van der Waals surface area contributed by atoms with Gasteiger partial charge in [0.15, 0.2) is 0 Å². The molecule has 1 heterocycles. The molecule has 1 aromatic heterocycles. The first-order valence-corrected chi connectivity index (χ1v) is 4.16. The van der Waals surface area contributed by atoms with Gasteiger partial charge in [-0.2, -0.15) is 26.3 Å². The Labute approximate surface area is 95.2 Å². The van der Waals surface area contributed by atoms with Crippen molar-refractivity contribution < 1.29 is 36.2 Å². The van der Waals surface area contributed by atoms with E-state index >= 15 is 0 Å². The molecule has 0 atom stereocenters. The van der Waals surface area contributed by atoms with Crippen LogP contribution in [0.1, 0.15) is 11.4 Å². The van der Waals surface area contributed by atoms with Crippen LogP contribution in [0.15, 0.2) is 12.1 Å². The lowest BCUT2D eigenvalue weighted by Crippen LogP contribution is -2.17. The maximum Gasteiger partial charge on any atom is 0.433 e. The smallest absolute Gasteiger partial charge is 0.433 e. The highest BCUT2D eigenvalue weighted by Gasteiger charge is 2.38. The molecule has 0 saturated heterocycles. The van der Waals surface area contributed by atoms with E-state index in [1.807, 2.05) is 0 Å². The molecule has 1 amide bonds. The number of nitrogens with one attached hydrogen (secondary N) is 1. The second kappa shape index (κ2) is 4.35. The molecule has 4 nitrogen and oxygen atoms in total. The number of alkyl halides is 6.